The van der Waals surface area contributed by atoms with Gasteiger partial charge in [0.15, 0.2) is 11.6 Å². The van der Waals surface area contributed by atoms with Crippen LogP contribution in [0.1, 0.15) is 13.8 Å². The molecule has 0 radical (unpaired) electrons. The van der Waals surface area contributed by atoms with E-state index in [-0.39, 0.29) is 22.3 Å². The molecule has 0 saturated heterocycles. The van der Waals surface area contributed by atoms with Gasteiger partial charge in [0.1, 0.15) is 0 Å². The highest BCUT2D eigenvalue weighted by Crippen LogP contribution is 2.24. The Morgan fingerprint density at radius 2 is 2.00 bits per heavy atom. The molecule has 0 saturated carbocycles. The summed E-state index contributed by atoms with van der Waals surface area (Å²) in [5, 5.41) is 17.6. The standard InChI is InChI=1S/C9H11BClFO3/c1-5(2)15-8-4-6(10(13)14)3-7(11)9(8)12/h3-5,13-14H,1-2H3. The lowest BCUT2D eigenvalue weighted by Gasteiger charge is -2.12. The van der Waals surface area contributed by atoms with Crippen molar-refractivity contribution in [3.05, 3.63) is 23.0 Å². The van der Waals surface area contributed by atoms with E-state index in [0.29, 0.717) is 0 Å². The maximum atomic E-state index is 13.4. The average molecular weight is 232 g/mol. The van der Waals surface area contributed by atoms with Crippen LogP contribution in [0.25, 0.3) is 0 Å². The summed E-state index contributed by atoms with van der Waals surface area (Å²) in [6.07, 6.45) is -0.221. The Morgan fingerprint density at radius 3 is 2.47 bits per heavy atom. The van der Waals surface area contributed by atoms with Gasteiger partial charge in [-0.25, -0.2) is 4.39 Å². The largest absolute Gasteiger partial charge is 0.488 e. The summed E-state index contributed by atoms with van der Waals surface area (Å²) >= 11 is 5.57. The van der Waals surface area contributed by atoms with Crippen LogP contribution in [0.2, 0.25) is 5.02 Å². The highest BCUT2D eigenvalue weighted by atomic mass is 35.5. The number of hydrogen-bond donors (Lipinski definition) is 2. The first-order valence-corrected chi connectivity index (χ1v) is 4.81. The lowest BCUT2D eigenvalue weighted by atomic mass is 9.80. The molecule has 1 aromatic rings. The highest BCUT2D eigenvalue weighted by Gasteiger charge is 2.18. The van der Waals surface area contributed by atoms with Crippen LogP contribution in [0.4, 0.5) is 4.39 Å². The molecule has 3 nitrogen and oxygen atoms in total. The Bertz CT molecular complexity index is 357. The molecule has 0 aliphatic heterocycles. The molecule has 0 bridgehead atoms. The molecule has 15 heavy (non-hydrogen) atoms. The molecule has 0 unspecified atom stereocenters. The zero-order valence-corrected chi connectivity index (χ0v) is 9.12. The molecule has 0 aliphatic rings. The molecule has 1 rings (SSSR count). The summed E-state index contributed by atoms with van der Waals surface area (Å²) in [6.45, 7) is 3.46. The van der Waals surface area contributed by atoms with Crippen molar-refractivity contribution in [2.75, 3.05) is 0 Å². The maximum absolute atomic E-state index is 13.4. The topological polar surface area (TPSA) is 49.7 Å². The summed E-state index contributed by atoms with van der Waals surface area (Å²) < 4.78 is 18.5. The van der Waals surface area contributed by atoms with Crippen LogP contribution < -0.4 is 10.2 Å². The second-order valence-electron chi connectivity index (χ2n) is 3.36. The molecule has 2 N–H and O–H groups in total. The van der Waals surface area contributed by atoms with Crippen molar-refractivity contribution in [2.45, 2.75) is 20.0 Å². The van der Waals surface area contributed by atoms with Crippen LogP contribution in [0.3, 0.4) is 0 Å². The van der Waals surface area contributed by atoms with Crippen molar-refractivity contribution < 1.29 is 19.2 Å². The summed E-state index contributed by atoms with van der Waals surface area (Å²) in [4.78, 5) is 0. The van der Waals surface area contributed by atoms with Gasteiger partial charge >= 0.3 is 7.12 Å². The summed E-state index contributed by atoms with van der Waals surface area (Å²) in [5.41, 5.74) is 0.0945. The quantitative estimate of drug-likeness (QED) is 0.763. The normalized spacial score (nSPS) is 10.6. The van der Waals surface area contributed by atoms with E-state index in [4.69, 9.17) is 26.4 Å². The molecule has 0 aromatic heterocycles. The third kappa shape index (κ3) is 3.09. The monoisotopic (exact) mass is 232 g/mol. The van der Waals surface area contributed by atoms with E-state index in [1.165, 1.54) is 6.07 Å². The zero-order valence-electron chi connectivity index (χ0n) is 8.37. The molecule has 0 fully saturated rings. The van der Waals surface area contributed by atoms with Crippen molar-refractivity contribution in [3.8, 4) is 5.75 Å². The van der Waals surface area contributed by atoms with E-state index in [0.717, 1.165) is 6.07 Å². The summed E-state index contributed by atoms with van der Waals surface area (Å²) in [6, 6.07) is 2.36. The Morgan fingerprint density at radius 1 is 1.40 bits per heavy atom. The van der Waals surface area contributed by atoms with Crippen LogP contribution in [-0.2, 0) is 0 Å². The molecular weight excluding hydrogens is 221 g/mol. The van der Waals surface area contributed by atoms with Crippen LogP contribution in [0, 0.1) is 5.82 Å². The molecular formula is C9H11BClFO3. The van der Waals surface area contributed by atoms with Gasteiger partial charge in [-0.15, -0.1) is 0 Å². The number of halogens is 2. The minimum Gasteiger partial charge on any atom is -0.488 e. The molecule has 0 spiro atoms. The highest BCUT2D eigenvalue weighted by molar-refractivity contribution is 6.59. The fourth-order valence-electron chi connectivity index (χ4n) is 1.07. The van der Waals surface area contributed by atoms with Gasteiger partial charge in [0, 0.05) is 0 Å². The third-order valence-electron chi connectivity index (χ3n) is 1.68. The minimum atomic E-state index is -1.70. The van der Waals surface area contributed by atoms with Gasteiger partial charge in [-0.3, -0.25) is 0 Å². The van der Waals surface area contributed by atoms with Crippen molar-refractivity contribution in [1.82, 2.24) is 0 Å². The lowest BCUT2D eigenvalue weighted by molar-refractivity contribution is 0.231. The second-order valence-corrected chi connectivity index (χ2v) is 3.76. The Hall–Kier alpha value is -0.775. The van der Waals surface area contributed by atoms with Crippen molar-refractivity contribution in [3.63, 3.8) is 0 Å². The van der Waals surface area contributed by atoms with Gasteiger partial charge < -0.3 is 14.8 Å². The molecule has 1 aromatic carbocycles. The van der Waals surface area contributed by atoms with Crippen LogP contribution in [-0.4, -0.2) is 23.3 Å². The molecule has 0 amide bonds. The third-order valence-corrected chi connectivity index (χ3v) is 1.95. The van der Waals surface area contributed by atoms with E-state index in [1.54, 1.807) is 13.8 Å². The minimum absolute atomic E-state index is 0.0828. The summed E-state index contributed by atoms with van der Waals surface area (Å²) in [5.74, 6) is -0.782. The summed E-state index contributed by atoms with van der Waals surface area (Å²) in [7, 11) is -1.70. The first kappa shape index (κ1) is 12.3. The van der Waals surface area contributed by atoms with Gasteiger partial charge in [-0.2, -0.15) is 0 Å². The maximum Gasteiger partial charge on any atom is 0.488 e. The van der Waals surface area contributed by atoms with E-state index < -0.39 is 12.9 Å². The fourth-order valence-corrected chi connectivity index (χ4v) is 1.29. The smallest absolute Gasteiger partial charge is 0.488 e. The SMILES string of the molecule is CC(C)Oc1cc(B(O)O)cc(Cl)c1F. The predicted molar refractivity (Wildman–Crippen MR) is 57.0 cm³/mol. The molecule has 6 heteroatoms. The van der Waals surface area contributed by atoms with Crippen molar-refractivity contribution in [1.29, 1.82) is 0 Å². The molecule has 0 heterocycles. The van der Waals surface area contributed by atoms with Gasteiger partial charge in [0.2, 0.25) is 0 Å². The number of rotatable bonds is 3. The lowest BCUT2D eigenvalue weighted by Crippen LogP contribution is -2.30. The Labute approximate surface area is 92.6 Å². The van der Waals surface area contributed by atoms with Crippen LogP contribution in [0.5, 0.6) is 5.75 Å². The fraction of sp³-hybridized carbons (Fsp3) is 0.333. The van der Waals surface area contributed by atoms with Crippen LogP contribution >= 0.6 is 11.6 Å². The van der Waals surface area contributed by atoms with Gasteiger partial charge in [-0.1, -0.05) is 11.6 Å². The van der Waals surface area contributed by atoms with Crippen LogP contribution in [0.15, 0.2) is 12.1 Å². The van der Waals surface area contributed by atoms with Gasteiger partial charge in [0.05, 0.1) is 11.1 Å². The number of benzene rings is 1. The number of ether oxygens (including phenoxy) is 1. The van der Waals surface area contributed by atoms with Crippen molar-refractivity contribution in [2.24, 2.45) is 0 Å². The Balaban J connectivity index is 3.13. The molecule has 82 valence electrons. The van der Waals surface area contributed by atoms with Gasteiger partial charge in [-0.05, 0) is 31.4 Å². The van der Waals surface area contributed by atoms with E-state index >= 15 is 0 Å². The number of hydrogen-bond acceptors (Lipinski definition) is 3. The van der Waals surface area contributed by atoms with Gasteiger partial charge in [0.25, 0.3) is 0 Å². The average Bonchev–Trinajstić information content (AvgIpc) is 2.11. The zero-order chi connectivity index (χ0) is 11.6. The first-order valence-electron chi connectivity index (χ1n) is 4.43. The Kier molecular flexibility index (Phi) is 3.96. The predicted octanol–water partition coefficient (Wildman–Crippen LogP) is 0.946. The van der Waals surface area contributed by atoms with Crippen molar-refractivity contribution >= 4 is 24.2 Å². The molecule has 0 atom stereocenters. The van der Waals surface area contributed by atoms with E-state index in [2.05, 4.69) is 0 Å². The first-order chi connectivity index (χ1) is 6.91. The molecule has 0 aliphatic carbocycles. The van der Waals surface area contributed by atoms with E-state index in [1.807, 2.05) is 0 Å². The van der Waals surface area contributed by atoms with E-state index in [9.17, 15) is 4.39 Å². The second kappa shape index (κ2) is 4.83.